The van der Waals surface area contributed by atoms with Gasteiger partial charge in [-0.25, -0.2) is 0 Å². The number of fused-ring (bicyclic) bond motifs is 1. The third-order valence-corrected chi connectivity index (χ3v) is 6.29. The molecule has 1 unspecified atom stereocenters. The summed E-state index contributed by atoms with van der Waals surface area (Å²) in [5.41, 5.74) is 3.33. The van der Waals surface area contributed by atoms with Gasteiger partial charge in [0.05, 0.1) is 28.1 Å². The summed E-state index contributed by atoms with van der Waals surface area (Å²) >= 11 is 3.16. The summed E-state index contributed by atoms with van der Waals surface area (Å²) in [4.78, 5) is 21.3. The van der Waals surface area contributed by atoms with Crippen LogP contribution in [0.1, 0.15) is 20.1 Å². The summed E-state index contributed by atoms with van der Waals surface area (Å²) in [5.74, 6) is -0.0200. The van der Waals surface area contributed by atoms with Crippen LogP contribution in [0.15, 0.2) is 64.3 Å². The fourth-order valence-electron chi connectivity index (χ4n) is 3.11. The number of nitrogens with one attached hydrogen (secondary N) is 1. The molecule has 0 saturated carbocycles. The van der Waals surface area contributed by atoms with Gasteiger partial charge in [-0.15, -0.1) is 22.7 Å². The van der Waals surface area contributed by atoms with Crippen molar-refractivity contribution in [1.82, 2.24) is 5.32 Å². The molecule has 1 N–H and O–H groups in total. The summed E-state index contributed by atoms with van der Waals surface area (Å²) in [7, 11) is 2.08. The van der Waals surface area contributed by atoms with Crippen molar-refractivity contribution in [3.05, 3.63) is 74.6 Å². The van der Waals surface area contributed by atoms with Gasteiger partial charge in [0.25, 0.3) is 5.91 Å². The van der Waals surface area contributed by atoms with E-state index in [1.165, 1.54) is 16.2 Å². The van der Waals surface area contributed by atoms with Gasteiger partial charge in [0, 0.05) is 24.8 Å². The van der Waals surface area contributed by atoms with Crippen LogP contribution in [-0.4, -0.2) is 37.8 Å². The van der Waals surface area contributed by atoms with E-state index >= 15 is 0 Å². The van der Waals surface area contributed by atoms with E-state index in [9.17, 15) is 4.79 Å². The number of hydrogen-bond acceptors (Lipinski definition) is 5. The molecular weight excluding hydrogens is 362 g/mol. The number of aliphatic imine (C=N–C) groups is 1. The molecule has 4 nitrogen and oxygen atoms in total. The third-order valence-electron chi connectivity index (χ3n) is 4.54. The van der Waals surface area contributed by atoms with Crippen LogP contribution < -0.4 is 10.2 Å². The number of benzene rings is 1. The first-order valence-corrected chi connectivity index (χ1v) is 10.2. The number of carbonyl (C=O) groups excluding carboxylic acids is 1. The lowest BCUT2D eigenvalue weighted by molar-refractivity contribution is 0.0955. The summed E-state index contributed by atoms with van der Waals surface area (Å²) in [6.45, 7) is 1.20. The number of likely N-dealkylation sites (N-methyl/N-ethyl adjacent to an activating group) is 1. The number of thiophene rings is 2. The van der Waals surface area contributed by atoms with Gasteiger partial charge >= 0.3 is 0 Å². The second kappa shape index (κ2) is 7.43. The number of nitrogens with zero attached hydrogens (tertiary/aromatic N) is 2. The van der Waals surface area contributed by atoms with E-state index in [1.54, 1.807) is 11.3 Å². The molecule has 0 aliphatic carbocycles. The highest BCUT2D eigenvalue weighted by Crippen LogP contribution is 2.28. The van der Waals surface area contributed by atoms with Crippen LogP contribution in [0.25, 0.3) is 0 Å². The van der Waals surface area contributed by atoms with Crippen molar-refractivity contribution in [2.45, 2.75) is 6.04 Å². The van der Waals surface area contributed by atoms with Crippen molar-refractivity contribution in [1.29, 1.82) is 0 Å². The third kappa shape index (κ3) is 3.30. The van der Waals surface area contributed by atoms with Crippen LogP contribution in [0.2, 0.25) is 0 Å². The molecule has 1 aliphatic heterocycles. The average Bonchev–Trinajstić information content (AvgIpc) is 3.36. The topological polar surface area (TPSA) is 44.7 Å². The Hall–Kier alpha value is -2.44. The maximum Gasteiger partial charge on any atom is 0.261 e. The van der Waals surface area contributed by atoms with E-state index in [0.29, 0.717) is 13.1 Å². The van der Waals surface area contributed by atoms with E-state index < -0.39 is 0 Å². The number of amides is 1. The molecule has 6 heteroatoms. The minimum absolute atomic E-state index is 0.0200. The monoisotopic (exact) mass is 381 g/mol. The molecule has 0 radical (unpaired) electrons. The highest BCUT2D eigenvalue weighted by atomic mass is 32.1. The Morgan fingerprint density at radius 2 is 1.96 bits per heavy atom. The van der Waals surface area contributed by atoms with Gasteiger partial charge in [-0.3, -0.25) is 9.79 Å². The molecule has 132 valence electrons. The van der Waals surface area contributed by atoms with Crippen LogP contribution in [0.4, 0.5) is 5.69 Å². The molecule has 1 atom stereocenters. The standard InChI is InChI=1S/C20H19N3OS2/c1-23-14(13-22-20(24)18-9-5-11-26-18)12-21-19(17-8-4-10-25-17)15-6-2-3-7-16(15)23/h2-11,14H,12-13H2,1H3,(H,22,24). The predicted molar refractivity (Wildman–Crippen MR) is 110 cm³/mol. The molecule has 0 saturated heterocycles. The molecule has 4 rings (SSSR count). The van der Waals surface area contributed by atoms with Crippen molar-refractivity contribution in [2.24, 2.45) is 4.99 Å². The van der Waals surface area contributed by atoms with E-state index in [0.717, 1.165) is 21.8 Å². The van der Waals surface area contributed by atoms with Crippen LogP contribution in [0.3, 0.4) is 0 Å². The zero-order chi connectivity index (χ0) is 17.9. The second-order valence-corrected chi connectivity index (χ2v) is 8.03. The maximum atomic E-state index is 12.3. The normalized spacial score (nSPS) is 16.6. The Bertz CT molecular complexity index is 916. The van der Waals surface area contributed by atoms with E-state index in [2.05, 4.69) is 53.0 Å². The quantitative estimate of drug-likeness (QED) is 0.745. The zero-order valence-electron chi connectivity index (χ0n) is 14.4. The Morgan fingerprint density at radius 3 is 2.73 bits per heavy atom. The van der Waals surface area contributed by atoms with E-state index in [-0.39, 0.29) is 11.9 Å². The number of para-hydroxylation sites is 1. The molecule has 2 aromatic heterocycles. The predicted octanol–water partition coefficient (Wildman–Crippen LogP) is 3.90. The summed E-state index contributed by atoms with van der Waals surface area (Å²) in [6, 6.07) is 16.4. The Balaban J connectivity index is 1.59. The van der Waals surface area contributed by atoms with E-state index in [4.69, 9.17) is 4.99 Å². The van der Waals surface area contributed by atoms with Gasteiger partial charge in [-0.05, 0) is 29.0 Å². The highest BCUT2D eigenvalue weighted by Gasteiger charge is 2.24. The number of carbonyl (C=O) groups is 1. The number of benzodiazepines with no additional fused rings is 1. The van der Waals surface area contributed by atoms with Crippen molar-refractivity contribution >= 4 is 40.0 Å². The molecular formula is C20H19N3OS2. The molecule has 3 heterocycles. The second-order valence-electron chi connectivity index (χ2n) is 6.14. The van der Waals surface area contributed by atoms with Gasteiger partial charge in [0.2, 0.25) is 0 Å². The first kappa shape index (κ1) is 17.0. The molecule has 0 spiro atoms. The highest BCUT2D eigenvalue weighted by molar-refractivity contribution is 7.12. The number of anilines is 1. The maximum absolute atomic E-state index is 12.3. The molecule has 1 amide bonds. The lowest BCUT2D eigenvalue weighted by Crippen LogP contribution is -2.43. The summed E-state index contributed by atoms with van der Waals surface area (Å²) in [6.07, 6.45) is 0. The molecule has 3 aromatic rings. The van der Waals surface area contributed by atoms with Crippen molar-refractivity contribution < 1.29 is 4.79 Å². The van der Waals surface area contributed by atoms with Crippen molar-refractivity contribution in [3.8, 4) is 0 Å². The SMILES string of the molecule is CN1c2ccccc2C(c2cccs2)=NCC1CNC(=O)c1cccs1. The lowest BCUT2D eigenvalue weighted by Gasteiger charge is -2.28. The van der Waals surface area contributed by atoms with Crippen LogP contribution in [-0.2, 0) is 0 Å². The summed E-state index contributed by atoms with van der Waals surface area (Å²) < 4.78 is 0. The van der Waals surface area contributed by atoms with E-state index in [1.807, 2.05) is 23.6 Å². The van der Waals surface area contributed by atoms with Crippen LogP contribution >= 0.6 is 22.7 Å². The Kier molecular flexibility index (Phi) is 4.86. The first-order valence-electron chi connectivity index (χ1n) is 8.46. The van der Waals surface area contributed by atoms with Gasteiger partial charge in [0.15, 0.2) is 0 Å². The van der Waals surface area contributed by atoms with Gasteiger partial charge in [0.1, 0.15) is 0 Å². The van der Waals surface area contributed by atoms with Gasteiger partial charge in [-0.1, -0.05) is 30.3 Å². The molecule has 0 fully saturated rings. The first-order chi connectivity index (χ1) is 12.7. The molecule has 1 aromatic carbocycles. The Morgan fingerprint density at radius 1 is 1.15 bits per heavy atom. The minimum atomic E-state index is -0.0200. The van der Waals surface area contributed by atoms with Crippen LogP contribution in [0, 0.1) is 0 Å². The largest absolute Gasteiger partial charge is 0.367 e. The van der Waals surface area contributed by atoms with Crippen molar-refractivity contribution in [3.63, 3.8) is 0 Å². The zero-order valence-corrected chi connectivity index (χ0v) is 16.0. The lowest BCUT2D eigenvalue weighted by atomic mass is 10.1. The fourth-order valence-corrected chi connectivity index (χ4v) is 4.50. The Labute approximate surface area is 160 Å². The molecule has 0 bridgehead atoms. The smallest absolute Gasteiger partial charge is 0.261 e. The van der Waals surface area contributed by atoms with Crippen LogP contribution in [0.5, 0.6) is 0 Å². The number of rotatable bonds is 4. The number of hydrogen-bond donors (Lipinski definition) is 1. The van der Waals surface area contributed by atoms with Crippen molar-refractivity contribution in [2.75, 3.05) is 25.0 Å². The van der Waals surface area contributed by atoms with Gasteiger partial charge in [-0.2, -0.15) is 0 Å². The fraction of sp³-hybridized carbons (Fsp3) is 0.200. The minimum Gasteiger partial charge on any atom is -0.367 e. The molecule has 26 heavy (non-hydrogen) atoms. The van der Waals surface area contributed by atoms with Gasteiger partial charge < -0.3 is 10.2 Å². The molecule has 1 aliphatic rings. The summed E-state index contributed by atoms with van der Waals surface area (Å²) in [5, 5.41) is 7.05. The average molecular weight is 382 g/mol.